The molecule has 0 saturated heterocycles. The molecule has 0 aliphatic carbocycles. The van der Waals surface area contributed by atoms with Crippen LogP contribution in [0.5, 0.6) is 5.75 Å². The maximum atomic E-state index is 12.3. The van der Waals surface area contributed by atoms with Gasteiger partial charge in [0.05, 0.1) is 11.8 Å². The van der Waals surface area contributed by atoms with Gasteiger partial charge >= 0.3 is 17.8 Å². The number of anilines is 1. The molecule has 0 bridgehead atoms. The summed E-state index contributed by atoms with van der Waals surface area (Å²) in [7, 11) is 0. The van der Waals surface area contributed by atoms with Crippen LogP contribution in [0, 0.1) is 6.92 Å². The van der Waals surface area contributed by atoms with Gasteiger partial charge in [0.1, 0.15) is 5.75 Å². The molecule has 3 aromatic rings. The van der Waals surface area contributed by atoms with E-state index in [0.29, 0.717) is 22.6 Å². The predicted molar refractivity (Wildman–Crippen MR) is 121 cm³/mol. The van der Waals surface area contributed by atoms with Crippen molar-refractivity contribution < 1.29 is 19.1 Å². The second-order valence-corrected chi connectivity index (χ2v) is 7.35. The second kappa shape index (κ2) is 10.3. The second-order valence-electron chi connectivity index (χ2n) is 6.44. The number of hydrogen-bond acceptors (Lipinski definition) is 5. The van der Waals surface area contributed by atoms with E-state index >= 15 is 0 Å². The molecule has 0 aromatic heterocycles. The summed E-state index contributed by atoms with van der Waals surface area (Å²) in [6.45, 7) is 1.83. The minimum absolute atomic E-state index is 0.330. The lowest BCUT2D eigenvalue weighted by Gasteiger charge is -2.07. The van der Waals surface area contributed by atoms with E-state index in [0.717, 1.165) is 10.0 Å². The van der Waals surface area contributed by atoms with Crippen LogP contribution in [0.1, 0.15) is 21.5 Å². The van der Waals surface area contributed by atoms with Gasteiger partial charge < -0.3 is 10.1 Å². The quantitative estimate of drug-likeness (QED) is 0.189. The lowest BCUT2D eigenvalue weighted by Crippen LogP contribution is -2.32. The SMILES string of the molecule is Cc1ccccc1C(=O)Oc1cccc(C=NNC(=O)C(=O)Nc2ccc(Br)cc2)c1. The summed E-state index contributed by atoms with van der Waals surface area (Å²) in [5.41, 5.74) is 4.50. The lowest BCUT2D eigenvalue weighted by atomic mass is 10.1. The van der Waals surface area contributed by atoms with Gasteiger partial charge in [-0.1, -0.05) is 46.3 Å². The van der Waals surface area contributed by atoms with Crippen LogP contribution < -0.4 is 15.5 Å². The number of esters is 1. The Morgan fingerprint density at radius 3 is 2.42 bits per heavy atom. The summed E-state index contributed by atoms with van der Waals surface area (Å²) in [5.74, 6) is -1.90. The highest BCUT2D eigenvalue weighted by atomic mass is 79.9. The number of nitrogens with zero attached hydrogens (tertiary/aromatic N) is 1. The fraction of sp³-hybridized carbons (Fsp3) is 0.0435. The summed E-state index contributed by atoms with van der Waals surface area (Å²) < 4.78 is 6.26. The molecule has 31 heavy (non-hydrogen) atoms. The first-order valence-corrected chi connectivity index (χ1v) is 9.99. The van der Waals surface area contributed by atoms with Crippen molar-refractivity contribution in [3.8, 4) is 5.75 Å². The first-order chi connectivity index (χ1) is 14.9. The first kappa shape index (κ1) is 21.9. The lowest BCUT2D eigenvalue weighted by molar-refractivity contribution is -0.136. The molecule has 0 unspecified atom stereocenters. The summed E-state index contributed by atoms with van der Waals surface area (Å²) in [5, 5.41) is 6.24. The monoisotopic (exact) mass is 479 g/mol. The van der Waals surface area contributed by atoms with E-state index < -0.39 is 17.8 Å². The Labute approximate surface area is 187 Å². The minimum atomic E-state index is -0.915. The molecule has 0 radical (unpaired) electrons. The number of hydrogen-bond donors (Lipinski definition) is 2. The number of carbonyl (C=O) groups is 3. The topological polar surface area (TPSA) is 96.9 Å². The molecular formula is C23H18BrN3O4. The molecule has 8 heteroatoms. The number of halogens is 1. The number of rotatable bonds is 5. The Hall–Kier alpha value is -3.78. The van der Waals surface area contributed by atoms with E-state index in [1.54, 1.807) is 60.7 Å². The van der Waals surface area contributed by atoms with Crippen molar-refractivity contribution >= 4 is 45.6 Å². The molecule has 0 fully saturated rings. The van der Waals surface area contributed by atoms with Gasteiger partial charge in [0.15, 0.2) is 0 Å². The van der Waals surface area contributed by atoms with Crippen molar-refractivity contribution in [2.24, 2.45) is 5.10 Å². The highest BCUT2D eigenvalue weighted by molar-refractivity contribution is 9.10. The van der Waals surface area contributed by atoms with Crippen LogP contribution in [0.2, 0.25) is 0 Å². The molecule has 0 aliphatic heterocycles. The van der Waals surface area contributed by atoms with Gasteiger partial charge in [-0.3, -0.25) is 9.59 Å². The third kappa shape index (κ3) is 6.35. The number of nitrogens with one attached hydrogen (secondary N) is 2. The molecule has 3 rings (SSSR count). The van der Waals surface area contributed by atoms with Gasteiger partial charge in [0.25, 0.3) is 0 Å². The molecule has 0 atom stereocenters. The molecule has 156 valence electrons. The van der Waals surface area contributed by atoms with E-state index in [1.165, 1.54) is 6.21 Å². The normalized spacial score (nSPS) is 10.5. The summed E-state index contributed by atoms with van der Waals surface area (Å²) >= 11 is 3.29. The number of aryl methyl sites for hydroxylation is 1. The molecule has 2 amide bonds. The van der Waals surface area contributed by atoms with Gasteiger partial charge in [0.2, 0.25) is 0 Å². The summed E-state index contributed by atoms with van der Waals surface area (Å²) in [6.07, 6.45) is 1.34. The van der Waals surface area contributed by atoms with Crippen molar-refractivity contribution in [3.05, 3.63) is 94.0 Å². The summed E-state index contributed by atoms with van der Waals surface area (Å²) in [6, 6.07) is 20.5. The van der Waals surface area contributed by atoms with Crippen LogP contribution in [-0.4, -0.2) is 24.0 Å². The van der Waals surface area contributed by atoms with Crippen molar-refractivity contribution in [3.63, 3.8) is 0 Å². The molecule has 0 aliphatic rings. The number of carbonyl (C=O) groups excluding carboxylic acids is 3. The number of benzene rings is 3. The van der Waals surface area contributed by atoms with Crippen molar-refractivity contribution in [1.82, 2.24) is 5.43 Å². The highest BCUT2D eigenvalue weighted by Gasteiger charge is 2.13. The third-order valence-corrected chi connectivity index (χ3v) is 4.65. The van der Waals surface area contributed by atoms with Gasteiger partial charge in [-0.2, -0.15) is 5.10 Å². The Morgan fingerprint density at radius 2 is 1.68 bits per heavy atom. The third-order valence-electron chi connectivity index (χ3n) is 4.12. The Balaban J connectivity index is 1.57. The van der Waals surface area contributed by atoms with Crippen LogP contribution in [0.25, 0.3) is 0 Å². The molecule has 3 aromatic carbocycles. The van der Waals surface area contributed by atoms with E-state index in [9.17, 15) is 14.4 Å². The number of hydrazone groups is 1. The fourth-order valence-corrected chi connectivity index (χ4v) is 2.82. The van der Waals surface area contributed by atoms with Crippen LogP contribution in [0.15, 0.2) is 82.4 Å². The Morgan fingerprint density at radius 1 is 0.935 bits per heavy atom. The number of ether oxygens (including phenoxy) is 1. The average molecular weight is 480 g/mol. The van der Waals surface area contributed by atoms with Crippen LogP contribution in [-0.2, 0) is 9.59 Å². The van der Waals surface area contributed by atoms with Crippen LogP contribution in [0.3, 0.4) is 0 Å². The fourth-order valence-electron chi connectivity index (χ4n) is 2.56. The molecule has 2 N–H and O–H groups in total. The first-order valence-electron chi connectivity index (χ1n) is 9.20. The highest BCUT2D eigenvalue weighted by Crippen LogP contribution is 2.16. The summed E-state index contributed by atoms with van der Waals surface area (Å²) in [4.78, 5) is 36.1. The van der Waals surface area contributed by atoms with Gasteiger partial charge in [-0.05, 0) is 60.5 Å². The maximum absolute atomic E-state index is 12.3. The molecule has 0 saturated carbocycles. The zero-order valence-corrected chi connectivity index (χ0v) is 18.0. The standard InChI is InChI=1S/C23H18BrN3O4/c1-15-5-2-3-8-20(15)23(30)31-19-7-4-6-16(13-19)14-25-27-22(29)21(28)26-18-11-9-17(24)10-12-18/h2-14H,1H3,(H,26,28)(H,27,29). The smallest absolute Gasteiger partial charge is 0.343 e. The Kier molecular flexibility index (Phi) is 7.29. The molecule has 7 nitrogen and oxygen atoms in total. The molecule has 0 spiro atoms. The minimum Gasteiger partial charge on any atom is -0.423 e. The predicted octanol–water partition coefficient (Wildman–Crippen LogP) is 4.07. The van der Waals surface area contributed by atoms with Gasteiger partial charge in [-0.15, -0.1) is 0 Å². The van der Waals surface area contributed by atoms with Crippen molar-refractivity contribution in [2.45, 2.75) is 6.92 Å². The zero-order valence-electron chi connectivity index (χ0n) is 16.5. The van der Waals surface area contributed by atoms with Crippen molar-refractivity contribution in [1.29, 1.82) is 0 Å². The Bertz CT molecular complexity index is 1140. The van der Waals surface area contributed by atoms with E-state index in [2.05, 4.69) is 31.8 Å². The maximum Gasteiger partial charge on any atom is 0.343 e. The molecular weight excluding hydrogens is 462 g/mol. The number of amides is 2. The molecule has 0 heterocycles. The van der Waals surface area contributed by atoms with E-state index in [-0.39, 0.29) is 0 Å². The largest absolute Gasteiger partial charge is 0.423 e. The van der Waals surface area contributed by atoms with Gasteiger partial charge in [0, 0.05) is 10.2 Å². The van der Waals surface area contributed by atoms with E-state index in [4.69, 9.17) is 4.74 Å². The van der Waals surface area contributed by atoms with Gasteiger partial charge in [-0.25, -0.2) is 10.2 Å². The average Bonchev–Trinajstić information content (AvgIpc) is 2.75. The van der Waals surface area contributed by atoms with E-state index in [1.807, 2.05) is 19.1 Å². The van der Waals surface area contributed by atoms with Crippen molar-refractivity contribution in [2.75, 3.05) is 5.32 Å². The van der Waals surface area contributed by atoms with Crippen LogP contribution in [0.4, 0.5) is 5.69 Å². The van der Waals surface area contributed by atoms with Crippen LogP contribution >= 0.6 is 15.9 Å². The zero-order chi connectivity index (χ0) is 22.2.